The second-order valence-electron chi connectivity index (χ2n) is 5.98. The van der Waals surface area contributed by atoms with Crippen molar-refractivity contribution >= 4 is 11.3 Å². The van der Waals surface area contributed by atoms with Crippen molar-refractivity contribution in [3.63, 3.8) is 0 Å². The fraction of sp³-hybridized carbons (Fsp3) is 0.786. The van der Waals surface area contributed by atoms with E-state index in [2.05, 4.69) is 49.9 Å². The van der Waals surface area contributed by atoms with Crippen LogP contribution in [0.5, 0.6) is 0 Å². The molecule has 0 bridgehead atoms. The topological polar surface area (TPSA) is 28.2 Å². The molecule has 1 rings (SSSR count). The summed E-state index contributed by atoms with van der Waals surface area (Å²) in [5.74, 6) is 0. The maximum Gasteiger partial charge on any atom is 0.0798 e. The van der Waals surface area contributed by atoms with Gasteiger partial charge >= 0.3 is 0 Å². The van der Waals surface area contributed by atoms with Gasteiger partial charge in [-0.1, -0.05) is 0 Å². The summed E-state index contributed by atoms with van der Waals surface area (Å²) >= 11 is 1.76. The molecule has 0 saturated carbocycles. The van der Waals surface area contributed by atoms with E-state index >= 15 is 0 Å². The van der Waals surface area contributed by atoms with Crippen molar-refractivity contribution in [2.75, 3.05) is 20.1 Å². The van der Waals surface area contributed by atoms with Crippen LogP contribution in [0.15, 0.2) is 5.51 Å². The summed E-state index contributed by atoms with van der Waals surface area (Å²) in [4.78, 5) is 8.07. The Morgan fingerprint density at radius 3 is 2.61 bits per heavy atom. The van der Waals surface area contributed by atoms with E-state index in [0.717, 1.165) is 19.6 Å². The first-order chi connectivity index (χ1) is 8.38. The number of nitrogens with one attached hydrogen (secondary N) is 1. The maximum absolute atomic E-state index is 4.29. The van der Waals surface area contributed by atoms with Crippen molar-refractivity contribution in [3.8, 4) is 0 Å². The molecule has 0 saturated heterocycles. The zero-order valence-electron chi connectivity index (χ0n) is 12.4. The van der Waals surface area contributed by atoms with Gasteiger partial charge in [-0.3, -0.25) is 0 Å². The van der Waals surface area contributed by atoms with Crippen LogP contribution >= 0.6 is 11.3 Å². The predicted molar refractivity (Wildman–Crippen MR) is 80.2 cm³/mol. The maximum atomic E-state index is 4.29. The van der Waals surface area contributed by atoms with Crippen LogP contribution in [-0.4, -0.2) is 35.6 Å². The summed E-state index contributed by atoms with van der Waals surface area (Å²) in [6.07, 6.45) is 2.49. The second kappa shape index (κ2) is 7.22. The van der Waals surface area contributed by atoms with Crippen molar-refractivity contribution in [1.82, 2.24) is 15.2 Å². The molecular formula is C14H27N3S. The van der Waals surface area contributed by atoms with E-state index in [4.69, 9.17) is 0 Å². The van der Waals surface area contributed by atoms with Gasteiger partial charge in [0.15, 0.2) is 0 Å². The Balaban J connectivity index is 2.11. The SMILES string of the molecule is Cc1ncsc1CN(C)CCCCNC(C)(C)C. The molecule has 0 radical (unpaired) electrons. The average molecular weight is 269 g/mol. The fourth-order valence-electron chi connectivity index (χ4n) is 1.77. The summed E-state index contributed by atoms with van der Waals surface area (Å²) in [5.41, 5.74) is 3.36. The van der Waals surface area contributed by atoms with E-state index in [1.165, 1.54) is 23.4 Å². The summed E-state index contributed by atoms with van der Waals surface area (Å²) in [6, 6.07) is 0. The minimum atomic E-state index is 0.242. The number of aromatic nitrogens is 1. The summed E-state index contributed by atoms with van der Waals surface area (Å²) in [5, 5.41) is 3.52. The highest BCUT2D eigenvalue weighted by Crippen LogP contribution is 2.14. The molecule has 1 aromatic heterocycles. The molecule has 1 aromatic rings. The largest absolute Gasteiger partial charge is 0.312 e. The predicted octanol–water partition coefficient (Wildman–Crippen LogP) is 3.05. The standard InChI is InChI=1S/C14H27N3S/c1-12-13(18-11-15-12)10-17(5)9-7-6-8-16-14(2,3)4/h11,16H,6-10H2,1-5H3. The van der Waals surface area contributed by atoms with E-state index in [9.17, 15) is 0 Å². The van der Waals surface area contributed by atoms with Crippen LogP contribution in [0, 0.1) is 6.92 Å². The first kappa shape index (κ1) is 15.6. The molecule has 4 heteroatoms. The number of rotatable bonds is 7. The fourth-order valence-corrected chi connectivity index (χ4v) is 2.63. The van der Waals surface area contributed by atoms with Gasteiger partial charge in [-0.25, -0.2) is 4.98 Å². The van der Waals surface area contributed by atoms with Gasteiger partial charge in [0.05, 0.1) is 11.2 Å². The van der Waals surface area contributed by atoms with Crippen LogP contribution in [0.3, 0.4) is 0 Å². The van der Waals surface area contributed by atoms with Crippen molar-refractivity contribution < 1.29 is 0 Å². The van der Waals surface area contributed by atoms with Gasteiger partial charge < -0.3 is 10.2 Å². The molecule has 0 aliphatic heterocycles. The highest BCUT2D eigenvalue weighted by molar-refractivity contribution is 7.09. The molecular weight excluding hydrogens is 242 g/mol. The lowest BCUT2D eigenvalue weighted by molar-refractivity contribution is 0.315. The molecule has 0 fully saturated rings. The van der Waals surface area contributed by atoms with Crippen LogP contribution < -0.4 is 5.32 Å². The third kappa shape index (κ3) is 6.47. The average Bonchev–Trinajstić information content (AvgIpc) is 2.62. The number of hydrogen-bond donors (Lipinski definition) is 1. The first-order valence-corrected chi connectivity index (χ1v) is 7.59. The van der Waals surface area contributed by atoms with Crippen molar-refractivity contribution in [1.29, 1.82) is 0 Å². The molecule has 18 heavy (non-hydrogen) atoms. The van der Waals surface area contributed by atoms with Crippen molar-refractivity contribution in [3.05, 3.63) is 16.1 Å². The van der Waals surface area contributed by atoms with Crippen LogP contribution in [0.4, 0.5) is 0 Å². The minimum Gasteiger partial charge on any atom is -0.312 e. The normalized spacial score (nSPS) is 12.3. The zero-order valence-corrected chi connectivity index (χ0v) is 13.2. The Morgan fingerprint density at radius 2 is 2.06 bits per heavy atom. The third-order valence-electron chi connectivity index (χ3n) is 2.88. The molecule has 0 amide bonds. The highest BCUT2D eigenvalue weighted by atomic mass is 32.1. The molecule has 0 aliphatic carbocycles. The van der Waals surface area contributed by atoms with Gasteiger partial charge in [0.2, 0.25) is 0 Å². The Bertz CT molecular complexity index is 341. The Hall–Kier alpha value is -0.450. The lowest BCUT2D eigenvalue weighted by Crippen LogP contribution is -2.36. The Labute approximate surface area is 116 Å². The van der Waals surface area contributed by atoms with Crippen LogP contribution in [0.1, 0.15) is 44.2 Å². The van der Waals surface area contributed by atoms with E-state index in [1.807, 2.05) is 5.51 Å². The minimum absolute atomic E-state index is 0.242. The molecule has 1 heterocycles. The molecule has 3 nitrogen and oxygen atoms in total. The summed E-state index contributed by atoms with van der Waals surface area (Å²) < 4.78 is 0. The summed E-state index contributed by atoms with van der Waals surface area (Å²) in [6.45, 7) is 12.0. The molecule has 0 spiro atoms. The van der Waals surface area contributed by atoms with Crippen molar-refractivity contribution in [2.45, 2.75) is 52.6 Å². The number of thiazole rings is 1. The van der Waals surface area contributed by atoms with Gasteiger partial charge in [-0.15, -0.1) is 11.3 Å². The Morgan fingerprint density at radius 1 is 1.33 bits per heavy atom. The number of nitrogens with zero attached hydrogens (tertiary/aromatic N) is 2. The van der Waals surface area contributed by atoms with Gasteiger partial charge in [-0.2, -0.15) is 0 Å². The van der Waals surface area contributed by atoms with E-state index in [-0.39, 0.29) is 5.54 Å². The quantitative estimate of drug-likeness (QED) is 0.771. The third-order valence-corrected chi connectivity index (χ3v) is 3.80. The molecule has 0 atom stereocenters. The van der Waals surface area contributed by atoms with Crippen molar-refractivity contribution in [2.24, 2.45) is 0 Å². The zero-order chi connectivity index (χ0) is 13.6. The number of unbranched alkanes of at least 4 members (excludes halogenated alkanes) is 1. The van der Waals surface area contributed by atoms with Crippen LogP contribution in [-0.2, 0) is 6.54 Å². The number of aryl methyl sites for hydroxylation is 1. The lowest BCUT2D eigenvalue weighted by Gasteiger charge is -2.21. The first-order valence-electron chi connectivity index (χ1n) is 6.71. The smallest absolute Gasteiger partial charge is 0.0798 e. The molecule has 0 aliphatic rings. The van der Waals surface area contributed by atoms with Gasteiger partial charge in [-0.05, 0) is 60.7 Å². The van der Waals surface area contributed by atoms with Crippen LogP contribution in [0.25, 0.3) is 0 Å². The van der Waals surface area contributed by atoms with Crippen LogP contribution in [0.2, 0.25) is 0 Å². The van der Waals surface area contributed by atoms with E-state index in [1.54, 1.807) is 11.3 Å². The number of hydrogen-bond acceptors (Lipinski definition) is 4. The van der Waals surface area contributed by atoms with E-state index < -0.39 is 0 Å². The van der Waals surface area contributed by atoms with Gasteiger partial charge in [0, 0.05) is 17.0 Å². The molecule has 104 valence electrons. The second-order valence-corrected chi connectivity index (χ2v) is 6.92. The molecule has 1 N–H and O–H groups in total. The lowest BCUT2D eigenvalue weighted by atomic mass is 10.1. The van der Waals surface area contributed by atoms with E-state index in [0.29, 0.717) is 0 Å². The van der Waals surface area contributed by atoms with Gasteiger partial charge in [0.1, 0.15) is 0 Å². The summed E-state index contributed by atoms with van der Waals surface area (Å²) in [7, 11) is 2.19. The Kier molecular flexibility index (Phi) is 6.26. The molecule has 0 aromatic carbocycles. The van der Waals surface area contributed by atoms with Gasteiger partial charge in [0.25, 0.3) is 0 Å². The monoisotopic (exact) mass is 269 g/mol. The molecule has 0 unspecified atom stereocenters. The highest BCUT2D eigenvalue weighted by Gasteiger charge is 2.08.